The molecule has 2 heterocycles. The van der Waals surface area contributed by atoms with Crippen molar-refractivity contribution in [3.8, 4) is 0 Å². The maximum atomic E-state index is 12.8. The standard InChI is InChI=1S/C17H17N3O5S/c1-11(21)26-10-9-18-16(24)19-13(12-5-3-2-4-6-12)7-8-14(15(22)23)20(19)17(18)25/h2-8,13-14H,9-10H2,1H3,(H,22,23)/t13-,14+/m1/s1. The average molecular weight is 375 g/mol. The second-order valence-corrected chi connectivity index (χ2v) is 7.04. The Morgan fingerprint density at radius 1 is 1.08 bits per heavy atom. The van der Waals surface area contributed by atoms with Crippen LogP contribution in [0.5, 0.6) is 0 Å². The minimum absolute atomic E-state index is 0.0305. The third-order valence-corrected chi connectivity index (χ3v) is 4.90. The lowest BCUT2D eigenvalue weighted by Crippen LogP contribution is -2.38. The smallest absolute Gasteiger partial charge is 0.348 e. The molecule has 1 N–H and O–H groups in total. The minimum Gasteiger partial charge on any atom is -0.479 e. The summed E-state index contributed by atoms with van der Waals surface area (Å²) in [5.74, 6) is -0.964. The van der Waals surface area contributed by atoms with Crippen LogP contribution in [-0.4, -0.2) is 35.9 Å². The zero-order valence-corrected chi connectivity index (χ0v) is 14.8. The quantitative estimate of drug-likeness (QED) is 0.778. The first-order valence-corrected chi connectivity index (χ1v) is 8.93. The molecule has 8 nitrogen and oxygen atoms in total. The second-order valence-electron chi connectivity index (χ2n) is 5.77. The van der Waals surface area contributed by atoms with Gasteiger partial charge in [0, 0.05) is 19.2 Å². The predicted octanol–water partition coefficient (Wildman–Crippen LogP) is 0.876. The molecule has 0 spiro atoms. The summed E-state index contributed by atoms with van der Waals surface area (Å²) in [7, 11) is 0. The predicted molar refractivity (Wildman–Crippen MR) is 96.5 cm³/mol. The third kappa shape index (κ3) is 3.17. The molecule has 9 heteroatoms. The number of carboxylic acids is 1. The van der Waals surface area contributed by atoms with Gasteiger partial charge in [0.05, 0.1) is 6.04 Å². The topological polar surface area (TPSA) is 103 Å². The molecule has 136 valence electrons. The van der Waals surface area contributed by atoms with Crippen LogP contribution in [0, 0.1) is 0 Å². The summed E-state index contributed by atoms with van der Waals surface area (Å²) < 4.78 is 3.13. The Morgan fingerprint density at radius 3 is 2.35 bits per heavy atom. The Morgan fingerprint density at radius 2 is 1.73 bits per heavy atom. The van der Waals surface area contributed by atoms with Crippen LogP contribution in [0.15, 0.2) is 52.1 Å². The molecule has 0 radical (unpaired) electrons. The highest BCUT2D eigenvalue weighted by molar-refractivity contribution is 8.13. The molecule has 0 unspecified atom stereocenters. The number of nitrogens with zero attached hydrogens (tertiary/aromatic N) is 3. The number of carbonyl (C=O) groups is 2. The SMILES string of the molecule is CC(=O)SCCn1c(=O)n2n(c1=O)[C@H](C(=O)O)C=C[C@@H]2c1ccccc1. The molecule has 0 saturated heterocycles. The van der Waals surface area contributed by atoms with E-state index in [-0.39, 0.29) is 17.4 Å². The van der Waals surface area contributed by atoms with Gasteiger partial charge in [0.15, 0.2) is 11.2 Å². The van der Waals surface area contributed by atoms with E-state index in [0.717, 1.165) is 26.6 Å². The fourth-order valence-corrected chi connectivity index (χ4v) is 3.52. The Labute approximate surface area is 152 Å². The van der Waals surface area contributed by atoms with Crippen molar-refractivity contribution in [1.29, 1.82) is 0 Å². The Balaban J connectivity index is 2.12. The van der Waals surface area contributed by atoms with Gasteiger partial charge in [0.1, 0.15) is 0 Å². The second kappa shape index (κ2) is 7.20. The van der Waals surface area contributed by atoms with Crippen molar-refractivity contribution in [3.05, 3.63) is 69.0 Å². The van der Waals surface area contributed by atoms with E-state index in [4.69, 9.17) is 0 Å². The summed E-state index contributed by atoms with van der Waals surface area (Å²) in [4.78, 5) is 48.2. The summed E-state index contributed by atoms with van der Waals surface area (Å²) in [6, 6.07) is 7.22. The average Bonchev–Trinajstić information content (AvgIpc) is 2.87. The molecule has 0 fully saturated rings. The van der Waals surface area contributed by atoms with Crippen LogP contribution < -0.4 is 11.4 Å². The Hall–Kier alpha value is -2.81. The van der Waals surface area contributed by atoms with Crippen molar-refractivity contribution in [2.75, 3.05) is 5.75 Å². The highest BCUT2D eigenvalue weighted by Crippen LogP contribution is 2.24. The number of hydrogen-bond acceptors (Lipinski definition) is 5. The highest BCUT2D eigenvalue weighted by atomic mass is 32.2. The number of hydrogen-bond donors (Lipinski definition) is 1. The molecule has 2 atom stereocenters. The van der Waals surface area contributed by atoms with E-state index in [1.54, 1.807) is 30.3 Å². The van der Waals surface area contributed by atoms with Gasteiger partial charge in [-0.2, -0.15) is 0 Å². The molecule has 0 aliphatic carbocycles. The normalized spacial score (nSPS) is 18.5. The monoisotopic (exact) mass is 375 g/mol. The van der Waals surface area contributed by atoms with E-state index in [1.165, 1.54) is 17.7 Å². The molecular weight excluding hydrogens is 358 g/mol. The van der Waals surface area contributed by atoms with Crippen molar-refractivity contribution in [3.63, 3.8) is 0 Å². The zero-order valence-electron chi connectivity index (χ0n) is 13.9. The summed E-state index contributed by atoms with van der Waals surface area (Å²) in [6.07, 6.45) is 3.03. The van der Waals surface area contributed by atoms with Gasteiger partial charge in [-0.25, -0.2) is 28.3 Å². The molecule has 26 heavy (non-hydrogen) atoms. The molecule has 2 aromatic rings. The minimum atomic E-state index is -1.25. The number of aliphatic carboxylic acids is 1. The number of aromatic nitrogens is 3. The first kappa shape index (κ1) is 18.0. The summed E-state index contributed by atoms with van der Waals surface area (Å²) in [5, 5.41) is 9.31. The summed E-state index contributed by atoms with van der Waals surface area (Å²) in [5.41, 5.74) is -0.529. The fourth-order valence-electron chi connectivity index (χ4n) is 2.95. The van der Waals surface area contributed by atoms with Gasteiger partial charge < -0.3 is 5.11 Å². The van der Waals surface area contributed by atoms with Gasteiger partial charge in [-0.3, -0.25) is 4.79 Å². The van der Waals surface area contributed by atoms with Gasteiger partial charge in [-0.1, -0.05) is 54.2 Å². The van der Waals surface area contributed by atoms with E-state index >= 15 is 0 Å². The van der Waals surface area contributed by atoms with E-state index in [9.17, 15) is 24.3 Å². The lowest BCUT2D eigenvalue weighted by Gasteiger charge is -2.24. The van der Waals surface area contributed by atoms with E-state index in [0.29, 0.717) is 0 Å². The van der Waals surface area contributed by atoms with E-state index in [2.05, 4.69) is 0 Å². The Kier molecular flexibility index (Phi) is 4.99. The maximum Gasteiger partial charge on any atom is 0.348 e. The number of allylic oxidation sites excluding steroid dienone is 1. The fraction of sp³-hybridized carbons (Fsp3) is 0.294. The lowest BCUT2D eigenvalue weighted by atomic mass is 10.0. The van der Waals surface area contributed by atoms with Crippen LogP contribution in [0.1, 0.15) is 24.6 Å². The van der Waals surface area contributed by atoms with Gasteiger partial charge in [0.25, 0.3) is 0 Å². The van der Waals surface area contributed by atoms with E-state index < -0.39 is 29.4 Å². The molecule has 0 amide bonds. The van der Waals surface area contributed by atoms with Crippen LogP contribution in [0.4, 0.5) is 0 Å². The largest absolute Gasteiger partial charge is 0.479 e. The first-order chi connectivity index (χ1) is 12.4. The molecule has 1 aromatic heterocycles. The molecule has 0 saturated carbocycles. The molecule has 1 aromatic carbocycles. The van der Waals surface area contributed by atoms with Crippen LogP contribution in [0.2, 0.25) is 0 Å². The third-order valence-electron chi connectivity index (χ3n) is 4.10. The molecule has 1 aliphatic heterocycles. The van der Waals surface area contributed by atoms with Crippen molar-refractivity contribution in [1.82, 2.24) is 13.9 Å². The highest BCUT2D eigenvalue weighted by Gasteiger charge is 2.32. The molecular formula is C17H17N3O5S. The van der Waals surface area contributed by atoms with Crippen molar-refractivity contribution in [2.45, 2.75) is 25.6 Å². The van der Waals surface area contributed by atoms with Gasteiger partial charge >= 0.3 is 17.3 Å². The number of thioether (sulfide) groups is 1. The van der Waals surface area contributed by atoms with Crippen LogP contribution >= 0.6 is 11.8 Å². The maximum absolute atomic E-state index is 12.8. The van der Waals surface area contributed by atoms with E-state index in [1.807, 2.05) is 6.07 Å². The molecule has 3 rings (SSSR count). The number of rotatable bonds is 5. The molecule has 1 aliphatic rings. The lowest BCUT2D eigenvalue weighted by molar-refractivity contribution is -0.140. The van der Waals surface area contributed by atoms with Crippen molar-refractivity contribution >= 4 is 22.8 Å². The first-order valence-electron chi connectivity index (χ1n) is 7.95. The van der Waals surface area contributed by atoms with Crippen LogP contribution in [0.25, 0.3) is 0 Å². The number of carboxylic acid groups (broad SMARTS) is 1. The van der Waals surface area contributed by atoms with Gasteiger partial charge in [-0.15, -0.1) is 0 Å². The van der Waals surface area contributed by atoms with Gasteiger partial charge in [0.2, 0.25) is 0 Å². The van der Waals surface area contributed by atoms with Crippen molar-refractivity contribution in [2.24, 2.45) is 0 Å². The summed E-state index contributed by atoms with van der Waals surface area (Å²) >= 11 is 1.01. The Bertz CT molecular complexity index is 986. The zero-order chi connectivity index (χ0) is 18.8. The number of benzene rings is 1. The van der Waals surface area contributed by atoms with Gasteiger partial charge in [-0.05, 0) is 5.56 Å². The van der Waals surface area contributed by atoms with Crippen LogP contribution in [0.3, 0.4) is 0 Å². The summed E-state index contributed by atoms with van der Waals surface area (Å²) in [6.45, 7) is 1.43. The molecule has 0 bridgehead atoms. The number of fused-ring (bicyclic) bond motifs is 1. The van der Waals surface area contributed by atoms with Crippen molar-refractivity contribution < 1.29 is 14.7 Å². The van der Waals surface area contributed by atoms with Crippen LogP contribution in [-0.2, 0) is 16.1 Å². The number of carbonyl (C=O) groups excluding carboxylic acids is 1.